The molecule has 0 N–H and O–H groups in total. The monoisotopic (exact) mass is 286 g/mol. The quantitative estimate of drug-likeness (QED) is 0.541. The molecule has 1 heterocycles. The zero-order valence-corrected chi connectivity index (χ0v) is 12.6. The van der Waals surface area contributed by atoms with Crippen LogP contribution in [0.4, 0.5) is 0 Å². The largest absolute Gasteiger partial charge is 0.221 e. The lowest BCUT2D eigenvalue weighted by molar-refractivity contribution is 0.559. The number of hydrogen-bond donors (Lipinski definition) is 0. The molecule has 2 nitrogen and oxygen atoms in total. The Morgan fingerprint density at radius 2 is 1.44 bits per heavy atom. The molecule has 0 saturated heterocycles. The Morgan fingerprint density at radius 1 is 0.944 bits per heavy atom. The highest BCUT2D eigenvalue weighted by molar-refractivity contribution is 6.34. The van der Waals surface area contributed by atoms with Crippen molar-refractivity contribution in [1.82, 2.24) is 9.97 Å². The van der Waals surface area contributed by atoms with Gasteiger partial charge in [-0.25, -0.2) is 9.97 Å². The summed E-state index contributed by atoms with van der Waals surface area (Å²) in [6.45, 7) is 4.11. The summed E-state index contributed by atoms with van der Waals surface area (Å²) in [6, 6.07) is 0. The highest BCUT2D eigenvalue weighted by Gasteiger charge is 2.21. The van der Waals surface area contributed by atoms with E-state index in [0.29, 0.717) is 16.2 Å². The van der Waals surface area contributed by atoms with Gasteiger partial charge in [0, 0.05) is 11.5 Å². The Morgan fingerprint density at radius 3 is 1.89 bits per heavy atom. The molecular formula is C14H20Cl2N2. The van der Waals surface area contributed by atoms with Gasteiger partial charge >= 0.3 is 0 Å². The minimum atomic E-state index is 0.258. The van der Waals surface area contributed by atoms with E-state index in [1.807, 2.05) is 0 Å². The van der Waals surface area contributed by atoms with Crippen molar-refractivity contribution in [1.29, 1.82) is 0 Å². The van der Waals surface area contributed by atoms with Crippen LogP contribution < -0.4 is 0 Å². The van der Waals surface area contributed by atoms with E-state index in [-0.39, 0.29) is 5.92 Å². The first-order valence-corrected chi connectivity index (χ1v) is 7.58. The van der Waals surface area contributed by atoms with Crippen molar-refractivity contribution in [2.75, 3.05) is 0 Å². The number of halogens is 2. The van der Waals surface area contributed by atoms with Crippen molar-refractivity contribution in [3.63, 3.8) is 0 Å². The minimum absolute atomic E-state index is 0.258. The van der Waals surface area contributed by atoms with Gasteiger partial charge in [-0.3, -0.25) is 0 Å². The molecule has 100 valence electrons. The molecule has 1 aromatic heterocycles. The number of rotatable bonds is 2. The standard InChI is InChI=1S/C14H20Cl2N2/c1-9(2)11-12(15)17-14(18-13(11)16)10-7-5-3-4-6-8-10/h9-10H,3-8H2,1-2H3. The van der Waals surface area contributed by atoms with Crippen LogP contribution in [0.15, 0.2) is 0 Å². The maximum Gasteiger partial charge on any atom is 0.137 e. The molecule has 0 bridgehead atoms. The third-order valence-electron chi connectivity index (χ3n) is 3.67. The summed E-state index contributed by atoms with van der Waals surface area (Å²) in [5, 5.41) is 1.06. The van der Waals surface area contributed by atoms with Crippen LogP contribution in [0.25, 0.3) is 0 Å². The smallest absolute Gasteiger partial charge is 0.137 e. The molecule has 1 saturated carbocycles. The first-order chi connectivity index (χ1) is 8.59. The van der Waals surface area contributed by atoms with Gasteiger partial charge in [0.05, 0.1) is 0 Å². The lowest BCUT2D eigenvalue weighted by atomic mass is 9.99. The Kier molecular flexibility index (Phi) is 4.85. The third kappa shape index (κ3) is 3.16. The molecule has 2 rings (SSSR count). The van der Waals surface area contributed by atoms with E-state index in [2.05, 4.69) is 23.8 Å². The van der Waals surface area contributed by atoms with Crippen molar-refractivity contribution in [2.24, 2.45) is 0 Å². The van der Waals surface area contributed by atoms with Crippen LogP contribution in [0.1, 0.15) is 75.6 Å². The summed E-state index contributed by atoms with van der Waals surface area (Å²) in [5.74, 6) is 1.54. The van der Waals surface area contributed by atoms with Crippen LogP contribution in [0.2, 0.25) is 10.3 Å². The summed E-state index contributed by atoms with van der Waals surface area (Å²) in [4.78, 5) is 8.98. The molecule has 1 fully saturated rings. The first-order valence-electron chi connectivity index (χ1n) is 6.82. The minimum Gasteiger partial charge on any atom is -0.221 e. The van der Waals surface area contributed by atoms with Gasteiger partial charge in [0.25, 0.3) is 0 Å². The van der Waals surface area contributed by atoms with Crippen LogP contribution in [-0.2, 0) is 0 Å². The zero-order valence-electron chi connectivity index (χ0n) is 11.0. The number of nitrogens with zero attached hydrogens (tertiary/aromatic N) is 2. The summed E-state index contributed by atoms with van der Waals surface area (Å²) >= 11 is 12.5. The van der Waals surface area contributed by atoms with Crippen molar-refractivity contribution >= 4 is 23.2 Å². The van der Waals surface area contributed by atoms with Crippen molar-refractivity contribution in [2.45, 2.75) is 64.2 Å². The summed E-state index contributed by atoms with van der Waals surface area (Å²) in [5.41, 5.74) is 0.871. The molecule has 1 aliphatic carbocycles. The van der Waals surface area contributed by atoms with E-state index in [0.717, 1.165) is 24.2 Å². The molecule has 0 spiro atoms. The molecule has 1 aromatic rings. The van der Waals surface area contributed by atoms with Gasteiger partial charge in [0.15, 0.2) is 0 Å². The average molecular weight is 287 g/mol. The van der Waals surface area contributed by atoms with Gasteiger partial charge in [0.2, 0.25) is 0 Å². The fourth-order valence-corrected chi connectivity index (χ4v) is 3.47. The molecule has 0 atom stereocenters. The predicted molar refractivity (Wildman–Crippen MR) is 76.6 cm³/mol. The predicted octanol–water partition coefficient (Wildman–Crippen LogP) is 5.34. The second-order valence-corrected chi connectivity index (χ2v) is 6.14. The fraction of sp³-hybridized carbons (Fsp3) is 0.714. The van der Waals surface area contributed by atoms with Crippen LogP contribution >= 0.6 is 23.2 Å². The Labute approximate surface area is 119 Å². The maximum absolute atomic E-state index is 6.25. The Bertz CT molecular complexity index is 387. The average Bonchev–Trinajstić information content (AvgIpc) is 2.55. The van der Waals surface area contributed by atoms with E-state index < -0.39 is 0 Å². The van der Waals surface area contributed by atoms with Crippen LogP contribution in [0, 0.1) is 0 Å². The second-order valence-electron chi connectivity index (χ2n) is 5.42. The van der Waals surface area contributed by atoms with Gasteiger partial charge in [-0.2, -0.15) is 0 Å². The van der Waals surface area contributed by atoms with Crippen LogP contribution in [0.5, 0.6) is 0 Å². The number of hydrogen-bond acceptors (Lipinski definition) is 2. The highest BCUT2D eigenvalue weighted by Crippen LogP contribution is 2.34. The van der Waals surface area contributed by atoms with Gasteiger partial charge in [-0.1, -0.05) is 62.7 Å². The number of aromatic nitrogens is 2. The summed E-state index contributed by atoms with van der Waals surface area (Å²) in [6.07, 6.45) is 7.48. The molecule has 1 aliphatic rings. The first kappa shape index (κ1) is 14.1. The van der Waals surface area contributed by atoms with E-state index in [9.17, 15) is 0 Å². The third-order valence-corrected chi connectivity index (χ3v) is 4.24. The van der Waals surface area contributed by atoms with Crippen LogP contribution in [-0.4, -0.2) is 9.97 Å². The molecule has 0 aliphatic heterocycles. The van der Waals surface area contributed by atoms with Crippen LogP contribution in [0.3, 0.4) is 0 Å². The molecule has 0 amide bonds. The van der Waals surface area contributed by atoms with Gasteiger partial charge in [-0.15, -0.1) is 0 Å². The molecular weight excluding hydrogens is 267 g/mol. The highest BCUT2D eigenvalue weighted by atomic mass is 35.5. The molecule has 0 unspecified atom stereocenters. The lowest BCUT2D eigenvalue weighted by Crippen LogP contribution is -2.07. The Balaban J connectivity index is 2.29. The zero-order chi connectivity index (χ0) is 13.1. The topological polar surface area (TPSA) is 25.8 Å². The SMILES string of the molecule is CC(C)c1c(Cl)nc(C2CCCCCC2)nc1Cl. The summed E-state index contributed by atoms with van der Waals surface area (Å²) in [7, 11) is 0. The normalized spacial score (nSPS) is 18.1. The maximum atomic E-state index is 6.25. The molecule has 0 aromatic carbocycles. The van der Waals surface area contributed by atoms with Gasteiger partial charge in [0.1, 0.15) is 16.1 Å². The fourth-order valence-electron chi connectivity index (χ4n) is 2.63. The molecule has 18 heavy (non-hydrogen) atoms. The van der Waals surface area contributed by atoms with E-state index in [4.69, 9.17) is 23.2 Å². The summed E-state index contributed by atoms with van der Waals surface area (Å²) < 4.78 is 0. The van der Waals surface area contributed by atoms with Crippen molar-refractivity contribution in [3.8, 4) is 0 Å². The lowest BCUT2D eigenvalue weighted by Gasteiger charge is -2.16. The second kappa shape index (κ2) is 6.21. The molecule has 4 heteroatoms. The van der Waals surface area contributed by atoms with Gasteiger partial charge < -0.3 is 0 Å². The van der Waals surface area contributed by atoms with E-state index in [1.54, 1.807) is 0 Å². The molecule has 0 radical (unpaired) electrons. The Hall–Kier alpha value is -0.340. The van der Waals surface area contributed by atoms with E-state index in [1.165, 1.54) is 25.7 Å². The van der Waals surface area contributed by atoms with Gasteiger partial charge in [-0.05, 0) is 18.8 Å². The van der Waals surface area contributed by atoms with Crippen molar-refractivity contribution in [3.05, 3.63) is 21.7 Å². The van der Waals surface area contributed by atoms with Crippen molar-refractivity contribution < 1.29 is 0 Å². The van der Waals surface area contributed by atoms with E-state index >= 15 is 0 Å².